The van der Waals surface area contributed by atoms with E-state index in [0.717, 1.165) is 29.6 Å². The zero-order valence-corrected chi connectivity index (χ0v) is 11.5. The highest BCUT2D eigenvalue weighted by molar-refractivity contribution is 5.65. The van der Waals surface area contributed by atoms with E-state index in [0.29, 0.717) is 13.2 Å². The highest BCUT2D eigenvalue weighted by Gasteiger charge is 1.94. The number of rotatable bonds is 8. The van der Waals surface area contributed by atoms with E-state index >= 15 is 0 Å². The van der Waals surface area contributed by atoms with Crippen molar-refractivity contribution in [3.05, 3.63) is 53.6 Å². The monoisotopic (exact) mass is 260 g/mol. The smallest absolute Gasteiger partial charge is 0.142 e. The molecule has 0 aromatic heterocycles. The number of hydrogen-bond acceptors (Lipinski definition) is 3. The van der Waals surface area contributed by atoms with Gasteiger partial charge in [0.1, 0.15) is 12.0 Å². The number of allylic oxidation sites excluding steroid dienone is 3. The Balaban J connectivity index is 2.23. The van der Waals surface area contributed by atoms with Crippen molar-refractivity contribution in [3.63, 3.8) is 0 Å². The van der Waals surface area contributed by atoms with Gasteiger partial charge in [-0.15, -0.1) is 0 Å². The van der Waals surface area contributed by atoms with Crippen LogP contribution in [0, 0.1) is 0 Å². The highest BCUT2D eigenvalue weighted by Crippen LogP contribution is 2.12. The maximum Gasteiger partial charge on any atom is 0.142 e. The molecule has 3 heteroatoms. The summed E-state index contributed by atoms with van der Waals surface area (Å²) >= 11 is 0. The van der Waals surface area contributed by atoms with Crippen molar-refractivity contribution < 1.29 is 14.3 Å². The van der Waals surface area contributed by atoms with Gasteiger partial charge in [0, 0.05) is 0 Å². The minimum absolute atomic E-state index is 0.598. The molecule has 0 spiro atoms. The lowest BCUT2D eigenvalue weighted by Gasteiger charge is -2.04. The molecule has 0 heterocycles. The average Bonchev–Trinajstić information content (AvgIpc) is 2.45. The molecule has 0 atom stereocenters. The molecule has 3 nitrogen and oxygen atoms in total. The Morgan fingerprint density at radius 3 is 2.63 bits per heavy atom. The minimum Gasteiger partial charge on any atom is -0.497 e. The number of carbonyl (C=O) groups excluding carboxylic acids is 1. The number of ether oxygens (including phenoxy) is 2. The van der Waals surface area contributed by atoms with Gasteiger partial charge in [-0.1, -0.05) is 29.9 Å². The first-order valence-electron chi connectivity index (χ1n) is 6.25. The molecular weight excluding hydrogens is 240 g/mol. The van der Waals surface area contributed by atoms with Crippen molar-refractivity contribution in [1.82, 2.24) is 0 Å². The number of carbonyl (C=O) groups is 1. The van der Waals surface area contributed by atoms with Gasteiger partial charge in [-0.3, -0.25) is 4.79 Å². The summed E-state index contributed by atoms with van der Waals surface area (Å²) in [6.07, 6.45) is 6.94. The molecule has 0 fully saturated rings. The third kappa shape index (κ3) is 6.58. The lowest BCUT2D eigenvalue weighted by molar-refractivity contribution is -0.104. The van der Waals surface area contributed by atoms with Crippen molar-refractivity contribution in [2.45, 2.75) is 20.0 Å². The largest absolute Gasteiger partial charge is 0.497 e. The molecule has 0 aliphatic heterocycles. The molecule has 102 valence electrons. The molecule has 0 N–H and O–H groups in total. The van der Waals surface area contributed by atoms with Gasteiger partial charge in [-0.05, 0) is 37.1 Å². The van der Waals surface area contributed by atoms with Gasteiger partial charge >= 0.3 is 0 Å². The maximum atomic E-state index is 10.1. The topological polar surface area (TPSA) is 35.5 Å². The molecule has 1 aromatic rings. The quantitative estimate of drug-likeness (QED) is 0.311. The Kier molecular flexibility index (Phi) is 7.28. The van der Waals surface area contributed by atoms with Gasteiger partial charge in [-0.25, -0.2) is 0 Å². The summed E-state index contributed by atoms with van der Waals surface area (Å²) in [6.45, 7) is 3.23. The zero-order valence-electron chi connectivity index (χ0n) is 11.5. The van der Waals surface area contributed by atoms with Gasteiger partial charge in [0.05, 0.1) is 20.3 Å². The zero-order chi connectivity index (χ0) is 13.9. The Hall–Kier alpha value is -1.87. The molecule has 0 unspecified atom stereocenters. The van der Waals surface area contributed by atoms with E-state index in [9.17, 15) is 4.79 Å². The fourth-order valence-corrected chi connectivity index (χ4v) is 1.54. The van der Waals surface area contributed by atoms with Crippen molar-refractivity contribution in [3.8, 4) is 5.75 Å². The van der Waals surface area contributed by atoms with Crippen LogP contribution in [-0.4, -0.2) is 20.0 Å². The summed E-state index contributed by atoms with van der Waals surface area (Å²) in [6, 6.07) is 7.83. The Bertz CT molecular complexity index is 430. The van der Waals surface area contributed by atoms with Crippen molar-refractivity contribution in [2.24, 2.45) is 0 Å². The predicted molar refractivity (Wildman–Crippen MR) is 76.2 cm³/mol. The molecule has 19 heavy (non-hydrogen) atoms. The number of benzene rings is 1. The third-order valence-corrected chi connectivity index (χ3v) is 2.59. The summed E-state index contributed by atoms with van der Waals surface area (Å²) in [7, 11) is 1.65. The molecule has 0 saturated carbocycles. The second kappa shape index (κ2) is 9.11. The molecule has 0 radical (unpaired) electrons. The number of hydrogen-bond donors (Lipinski definition) is 0. The molecule has 1 aromatic carbocycles. The second-order valence-corrected chi connectivity index (χ2v) is 4.13. The van der Waals surface area contributed by atoms with Gasteiger partial charge in [0.15, 0.2) is 0 Å². The molecule has 0 bridgehead atoms. The molecule has 0 amide bonds. The summed E-state index contributed by atoms with van der Waals surface area (Å²) in [4.78, 5) is 10.1. The SMILES string of the molecule is COc1ccc(COCC/C=C(C)/C=C/C=O)cc1. The summed E-state index contributed by atoms with van der Waals surface area (Å²) in [5.41, 5.74) is 2.20. The van der Waals surface area contributed by atoms with Crippen LogP contribution in [0.5, 0.6) is 5.75 Å². The van der Waals surface area contributed by atoms with Crippen LogP contribution in [0.3, 0.4) is 0 Å². The van der Waals surface area contributed by atoms with Crippen LogP contribution in [0.1, 0.15) is 18.9 Å². The van der Waals surface area contributed by atoms with E-state index in [-0.39, 0.29) is 0 Å². The minimum atomic E-state index is 0.598. The molecular formula is C16H20O3. The molecule has 0 aliphatic rings. The first-order chi connectivity index (χ1) is 9.26. The van der Waals surface area contributed by atoms with Gasteiger partial charge in [0.2, 0.25) is 0 Å². The summed E-state index contributed by atoms with van der Waals surface area (Å²) in [5.74, 6) is 0.851. The van der Waals surface area contributed by atoms with Crippen molar-refractivity contribution >= 4 is 6.29 Å². The number of methoxy groups -OCH3 is 1. The average molecular weight is 260 g/mol. The Labute approximate surface area is 114 Å². The lowest BCUT2D eigenvalue weighted by Crippen LogP contribution is -1.94. The van der Waals surface area contributed by atoms with Crippen LogP contribution in [0.4, 0.5) is 0 Å². The first kappa shape index (κ1) is 15.2. The van der Waals surface area contributed by atoms with Crippen LogP contribution >= 0.6 is 0 Å². The summed E-state index contributed by atoms with van der Waals surface area (Å²) < 4.78 is 10.7. The Morgan fingerprint density at radius 2 is 2.00 bits per heavy atom. The number of aldehydes is 1. The van der Waals surface area contributed by atoms with Crippen LogP contribution < -0.4 is 4.74 Å². The van der Waals surface area contributed by atoms with E-state index in [1.165, 1.54) is 6.08 Å². The normalized spacial score (nSPS) is 11.8. The van der Waals surface area contributed by atoms with Gasteiger partial charge in [0.25, 0.3) is 0 Å². The van der Waals surface area contributed by atoms with Gasteiger partial charge < -0.3 is 9.47 Å². The fourth-order valence-electron chi connectivity index (χ4n) is 1.54. The van der Waals surface area contributed by atoms with Crippen LogP contribution in [-0.2, 0) is 16.1 Å². The van der Waals surface area contributed by atoms with E-state index in [2.05, 4.69) is 0 Å². The predicted octanol–water partition coefficient (Wildman–Crippen LogP) is 3.30. The Morgan fingerprint density at radius 1 is 1.26 bits per heavy atom. The van der Waals surface area contributed by atoms with E-state index in [1.54, 1.807) is 13.2 Å². The molecule has 0 aliphatic carbocycles. The second-order valence-electron chi connectivity index (χ2n) is 4.13. The van der Waals surface area contributed by atoms with Crippen molar-refractivity contribution in [2.75, 3.05) is 13.7 Å². The van der Waals surface area contributed by atoms with E-state index < -0.39 is 0 Å². The standard InChI is InChI=1S/C16H20O3/c1-14(5-3-11-17)6-4-12-19-13-15-7-9-16(18-2)10-8-15/h3,5-11H,4,12-13H2,1-2H3/b5-3+,14-6+. The molecule has 1 rings (SSSR count). The van der Waals surface area contributed by atoms with Gasteiger partial charge in [-0.2, -0.15) is 0 Å². The highest BCUT2D eigenvalue weighted by atomic mass is 16.5. The fraction of sp³-hybridized carbons (Fsp3) is 0.312. The third-order valence-electron chi connectivity index (χ3n) is 2.59. The maximum absolute atomic E-state index is 10.1. The lowest BCUT2D eigenvalue weighted by atomic mass is 10.2. The summed E-state index contributed by atoms with van der Waals surface area (Å²) in [5, 5.41) is 0. The van der Waals surface area contributed by atoms with E-state index in [4.69, 9.17) is 9.47 Å². The van der Waals surface area contributed by atoms with E-state index in [1.807, 2.05) is 37.3 Å². The van der Waals surface area contributed by atoms with Crippen LogP contribution in [0.15, 0.2) is 48.1 Å². The first-order valence-corrected chi connectivity index (χ1v) is 6.25. The van der Waals surface area contributed by atoms with Crippen LogP contribution in [0.25, 0.3) is 0 Å². The van der Waals surface area contributed by atoms with Crippen LogP contribution in [0.2, 0.25) is 0 Å². The van der Waals surface area contributed by atoms with Crippen molar-refractivity contribution in [1.29, 1.82) is 0 Å². The molecule has 0 saturated heterocycles.